The fourth-order valence-electron chi connectivity index (χ4n) is 2.92. The molecule has 1 aromatic heterocycles. The Bertz CT molecular complexity index is 1150. The van der Waals surface area contributed by atoms with Gasteiger partial charge in [0, 0.05) is 11.6 Å². The Morgan fingerprint density at radius 3 is 2.17 bits per heavy atom. The highest BCUT2D eigenvalue weighted by Crippen LogP contribution is 2.47. The summed E-state index contributed by atoms with van der Waals surface area (Å²) >= 11 is 0. The number of benzene rings is 2. The van der Waals surface area contributed by atoms with Crippen molar-refractivity contribution in [1.82, 2.24) is 0 Å². The quantitative estimate of drug-likeness (QED) is 0.279. The number of hydrogen-bond donors (Lipinski definition) is 6. The molecule has 2 aromatic carbocycles. The summed E-state index contributed by atoms with van der Waals surface area (Å²) in [5.74, 6) is -4.31. The average Bonchev–Trinajstić information content (AvgIpc) is 2.65. The molecule has 0 spiro atoms. The summed E-state index contributed by atoms with van der Waals surface area (Å²) in [6, 6.07) is 5.62. The molecule has 0 unspecified atom stereocenters. The number of carboxylic acids is 1. The highest BCUT2D eigenvalue weighted by atomic mass is 16.4. The number of rotatable bonds is 5. The molecule has 0 aliphatic carbocycles. The highest BCUT2D eigenvalue weighted by Gasteiger charge is 2.28. The van der Waals surface area contributed by atoms with Gasteiger partial charge in [-0.1, -0.05) is 13.8 Å². The van der Waals surface area contributed by atoms with Gasteiger partial charge in [-0.2, -0.15) is 0 Å². The average molecular weight is 401 g/mol. The van der Waals surface area contributed by atoms with Crippen LogP contribution in [0.1, 0.15) is 13.8 Å². The molecule has 152 valence electrons. The van der Waals surface area contributed by atoms with Gasteiger partial charge in [0.15, 0.2) is 22.5 Å². The van der Waals surface area contributed by atoms with E-state index >= 15 is 0 Å². The molecule has 0 saturated carbocycles. The van der Waals surface area contributed by atoms with E-state index in [9.17, 15) is 35.1 Å². The van der Waals surface area contributed by atoms with E-state index in [1.807, 2.05) is 0 Å². The largest absolute Gasteiger partial charge is 0.508 e. The minimum absolute atomic E-state index is 0.000636. The van der Waals surface area contributed by atoms with Crippen molar-refractivity contribution in [3.05, 3.63) is 40.6 Å². The summed E-state index contributed by atoms with van der Waals surface area (Å²) in [6.45, 7) is 3.26. The molecule has 0 radical (unpaired) electrons. The van der Waals surface area contributed by atoms with Gasteiger partial charge in [-0.25, -0.2) is 4.79 Å². The zero-order valence-corrected chi connectivity index (χ0v) is 15.5. The van der Waals surface area contributed by atoms with Crippen LogP contribution in [0.25, 0.3) is 22.3 Å². The fraction of sp³-hybridized carbons (Fsp3) is 0.200. The van der Waals surface area contributed by atoms with E-state index in [4.69, 9.17) is 4.42 Å². The molecule has 0 amide bonds. The maximum absolute atomic E-state index is 12.6. The van der Waals surface area contributed by atoms with Crippen LogP contribution in [0.3, 0.4) is 0 Å². The van der Waals surface area contributed by atoms with Crippen LogP contribution < -0.4 is 10.7 Å². The van der Waals surface area contributed by atoms with Gasteiger partial charge >= 0.3 is 5.97 Å². The van der Waals surface area contributed by atoms with Crippen LogP contribution in [0, 0.1) is 5.92 Å². The third-order valence-corrected chi connectivity index (χ3v) is 4.48. The molecule has 3 rings (SSSR count). The van der Waals surface area contributed by atoms with Gasteiger partial charge in [0.05, 0.1) is 0 Å². The topological polar surface area (TPSA) is 160 Å². The molecule has 0 fully saturated rings. The monoisotopic (exact) mass is 401 g/mol. The lowest BCUT2D eigenvalue weighted by atomic mass is 10.0. The van der Waals surface area contributed by atoms with Crippen molar-refractivity contribution < 1.29 is 34.7 Å². The Balaban J connectivity index is 2.33. The number of phenols is 4. The van der Waals surface area contributed by atoms with Crippen LogP contribution in [0.2, 0.25) is 0 Å². The first-order valence-electron chi connectivity index (χ1n) is 8.65. The Morgan fingerprint density at radius 1 is 1.00 bits per heavy atom. The molecule has 6 N–H and O–H groups in total. The van der Waals surface area contributed by atoms with Gasteiger partial charge in [0.25, 0.3) is 0 Å². The van der Waals surface area contributed by atoms with Crippen LogP contribution in [0.5, 0.6) is 23.0 Å². The van der Waals surface area contributed by atoms with Crippen LogP contribution >= 0.6 is 0 Å². The first-order valence-corrected chi connectivity index (χ1v) is 8.65. The third-order valence-electron chi connectivity index (χ3n) is 4.48. The summed E-state index contributed by atoms with van der Waals surface area (Å²) in [5.41, 5.74) is -0.963. The number of anilines is 1. The Hall–Kier alpha value is -3.88. The molecule has 9 heteroatoms. The predicted molar refractivity (Wildman–Crippen MR) is 104 cm³/mol. The number of carboxylic acid groups (broad SMARTS) is 1. The zero-order valence-electron chi connectivity index (χ0n) is 15.5. The molecule has 9 nitrogen and oxygen atoms in total. The Morgan fingerprint density at radius 2 is 1.62 bits per heavy atom. The molecule has 29 heavy (non-hydrogen) atoms. The molecule has 0 aliphatic heterocycles. The van der Waals surface area contributed by atoms with Crippen molar-refractivity contribution in [3.63, 3.8) is 0 Å². The molecule has 3 aromatic rings. The molecular formula is C20H19NO8. The third kappa shape index (κ3) is 3.49. The van der Waals surface area contributed by atoms with E-state index < -0.39 is 46.0 Å². The van der Waals surface area contributed by atoms with Gasteiger partial charge in [-0.05, 0) is 30.2 Å². The standard InChI is InChI=1S/C20H19NO8/c1-8(2)14(20(27)28)21-15-17(25)18(26)16(24)13-11(23)7-12(29-19(13)15)9-3-5-10(22)6-4-9/h3-8,14,21-22,24-26H,1-2H3,(H,27,28)/t14-/m0/s1. The van der Waals surface area contributed by atoms with Gasteiger partial charge in [0.1, 0.15) is 28.6 Å². The first kappa shape index (κ1) is 19.9. The number of fused-ring (bicyclic) bond motifs is 1. The number of carbonyl (C=O) groups is 1. The van der Waals surface area contributed by atoms with E-state index in [1.165, 1.54) is 24.3 Å². The van der Waals surface area contributed by atoms with Crippen molar-refractivity contribution in [2.45, 2.75) is 19.9 Å². The predicted octanol–water partition coefficient (Wildman–Crippen LogP) is 2.80. The van der Waals surface area contributed by atoms with Gasteiger partial charge in [-0.15, -0.1) is 0 Å². The van der Waals surface area contributed by atoms with E-state index in [2.05, 4.69) is 5.32 Å². The Labute approximate surface area is 164 Å². The zero-order chi connectivity index (χ0) is 21.5. The second kappa shape index (κ2) is 7.27. The van der Waals surface area contributed by atoms with Crippen LogP contribution in [0.15, 0.2) is 39.5 Å². The molecule has 1 heterocycles. The second-order valence-corrected chi connectivity index (χ2v) is 6.85. The maximum atomic E-state index is 12.6. The van der Waals surface area contributed by atoms with Crippen LogP contribution in [-0.4, -0.2) is 37.5 Å². The SMILES string of the molecule is CC(C)[C@H](Nc1c(O)c(O)c(O)c2c(=O)cc(-c3ccc(O)cc3)oc12)C(=O)O. The molecular weight excluding hydrogens is 382 g/mol. The van der Waals surface area contributed by atoms with Gasteiger partial charge < -0.3 is 35.3 Å². The Kier molecular flexibility index (Phi) is 4.98. The number of phenolic OH excluding ortho intramolecular Hbond substituents is 4. The summed E-state index contributed by atoms with van der Waals surface area (Å²) in [7, 11) is 0. The van der Waals surface area contributed by atoms with Gasteiger partial charge in [0.2, 0.25) is 5.75 Å². The van der Waals surface area contributed by atoms with Gasteiger partial charge in [-0.3, -0.25) is 4.79 Å². The summed E-state index contributed by atoms with van der Waals surface area (Å²) in [4.78, 5) is 24.2. The summed E-state index contributed by atoms with van der Waals surface area (Å²) in [5, 5.41) is 51.5. The molecule has 0 saturated heterocycles. The number of aromatic hydroxyl groups is 4. The van der Waals surface area contributed by atoms with Crippen molar-refractivity contribution >= 4 is 22.6 Å². The fourth-order valence-corrected chi connectivity index (χ4v) is 2.92. The summed E-state index contributed by atoms with van der Waals surface area (Å²) in [6.07, 6.45) is 0. The van der Waals surface area contributed by atoms with E-state index in [-0.39, 0.29) is 22.8 Å². The smallest absolute Gasteiger partial charge is 0.326 e. The maximum Gasteiger partial charge on any atom is 0.326 e. The lowest BCUT2D eigenvalue weighted by molar-refractivity contribution is -0.138. The van der Waals surface area contributed by atoms with E-state index in [0.29, 0.717) is 5.56 Å². The molecule has 1 atom stereocenters. The van der Waals surface area contributed by atoms with E-state index in [1.54, 1.807) is 13.8 Å². The second-order valence-electron chi connectivity index (χ2n) is 6.85. The number of hydrogen-bond acceptors (Lipinski definition) is 8. The van der Waals surface area contributed by atoms with Crippen molar-refractivity contribution in [1.29, 1.82) is 0 Å². The summed E-state index contributed by atoms with van der Waals surface area (Å²) < 4.78 is 5.71. The van der Waals surface area contributed by atoms with Crippen molar-refractivity contribution in [3.8, 4) is 34.3 Å². The van der Waals surface area contributed by atoms with Crippen molar-refractivity contribution in [2.75, 3.05) is 5.32 Å². The molecule has 0 aliphatic rings. The first-order chi connectivity index (χ1) is 13.6. The minimum atomic E-state index is -1.22. The lowest BCUT2D eigenvalue weighted by Crippen LogP contribution is -2.34. The molecule has 0 bridgehead atoms. The number of nitrogens with one attached hydrogen (secondary N) is 1. The normalized spacial score (nSPS) is 12.2. The highest BCUT2D eigenvalue weighted by molar-refractivity contribution is 6.01. The lowest BCUT2D eigenvalue weighted by Gasteiger charge is -2.21. The van der Waals surface area contributed by atoms with Crippen LogP contribution in [-0.2, 0) is 4.79 Å². The minimum Gasteiger partial charge on any atom is -0.508 e. The van der Waals surface area contributed by atoms with Crippen molar-refractivity contribution in [2.24, 2.45) is 5.92 Å². The van der Waals surface area contributed by atoms with Crippen LogP contribution in [0.4, 0.5) is 5.69 Å². The van der Waals surface area contributed by atoms with E-state index in [0.717, 1.165) is 6.07 Å². The number of aliphatic carboxylic acids is 1.